The normalized spacial score (nSPS) is 17.1. The number of guanidine groups is 1. The molecule has 1 fully saturated rings. The van der Waals surface area contributed by atoms with Crippen LogP contribution in [0.5, 0.6) is 0 Å². The third kappa shape index (κ3) is 5.44. The highest BCUT2D eigenvalue weighted by Gasteiger charge is 2.17. The summed E-state index contributed by atoms with van der Waals surface area (Å²) in [6, 6.07) is 0. The van der Waals surface area contributed by atoms with Gasteiger partial charge in [0.05, 0.1) is 6.54 Å². The quantitative estimate of drug-likeness (QED) is 0.471. The van der Waals surface area contributed by atoms with Crippen LogP contribution < -0.4 is 5.73 Å². The van der Waals surface area contributed by atoms with Crippen LogP contribution >= 0.6 is 24.0 Å². The summed E-state index contributed by atoms with van der Waals surface area (Å²) in [6.45, 7) is 8.98. The number of aromatic nitrogens is 2. The zero-order chi connectivity index (χ0) is 14.5. The first-order valence-electron chi connectivity index (χ1n) is 7.43. The predicted molar refractivity (Wildman–Crippen MR) is 94.0 cm³/mol. The summed E-state index contributed by atoms with van der Waals surface area (Å²) in [6.07, 6.45) is 3.03. The van der Waals surface area contributed by atoms with Crippen LogP contribution in [0.1, 0.15) is 51.2 Å². The van der Waals surface area contributed by atoms with Crippen LogP contribution in [-0.4, -0.2) is 40.6 Å². The number of likely N-dealkylation sites (tertiary alicyclic amines) is 1. The Balaban J connectivity index is 0.00000220. The van der Waals surface area contributed by atoms with Crippen molar-refractivity contribution in [2.45, 2.75) is 46.0 Å². The third-order valence-electron chi connectivity index (χ3n) is 3.71. The summed E-state index contributed by atoms with van der Waals surface area (Å²) in [5.41, 5.74) is 6.02. The molecule has 0 amide bonds. The lowest BCUT2D eigenvalue weighted by atomic mass is 10.00. The molecule has 1 aliphatic heterocycles. The second kappa shape index (κ2) is 8.55. The van der Waals surface area contributed by atoms with Crippen molar-refractivity contribution in [1.29, 1.82) is 0 Å². The maximum Gasteiger partial charge on any atom is 0.228 e. The molecule has 1 aliphatic rings. The SMILES string of the molecule is CC1CCN(C(N)=NCCc2nc(C(C)C)no2)CC1.I. The average Bonchev–Trinajstić information content (AvgIpc) is 2.88. The van der Waals surface area contributed by atoms with Crippen LogP contribution in [0.2, 0.25) is 0 Å². The first-order valence-corrected chi connectivity index (χ1v) is 7.43. The number of hydrogen-bond acceptors (Lipinski definition) is 4. The van der Waals surface area contributed by atoms with Gasteiger partial charge in [0.25, 0.3) is 0 Å². The highest BCUT2D eigenvalue weighted by Crippen LogP contribution is 2.15. The summed E-state index contributed by atoms with van der Waals surface area (Å²) in [4.78, 5) is 10.9. The van der Waals surface area contributed by atoms with Gasteiger partial charge in [-0.05, 0) is 18.8 Å². The van der Waals surface area contributed by atoms with Gasteiger partial charge in [-0.15, -0.1) is 24.0 Å². The summed E-state index contributed by atoms with van der Waals surface area (Å²) < 4.78 is 5.18. The number of aliphatic imine (C=N–C) groups is 1. The van der Waals surface area contributed by atoms with Crippen molar-refractivity contribution >= 4 is 29.9 Å². The highest BCUT2D eigenvalue weighted by atomic mass is 127. The van der Waals surface area contributed by atoms with Gasteiger partial charge >= 0.3 is 0 Å². The molecule has 7 heteroatoms. The molecule has 6 nitrogen and oxygen atoms in total. The predicted octanol–water partition coefficient (Wildman–Crippen LogP) is 2.40. The van der Waals surface area contributed by atoms with Crippen LogP contribution in [0, 0.1) is 5.92 Å². The summed E-state index contributed by atoms with van der Waals surface area (Å²) in [7, 11) is 0. The van der Waals surface area contributed by atoms with Gasteiger partial charge in [-0.25, -0.2) is 0 Å². The zero-order valence-corrected chi connectivity index (χ0v) is 15.4. The Labute approximate surface area is 143 Å². The van der Waals surface area contributed by atoms with Crippen molar-refractivity contribution in [3.05, 3.63) is 11.7 Å². The lowest BCUT2D eigenvalue weighted by Gasteiger charge is -2.30. The molecule has 0 saturated carbocycles. The highest BCUT2D eigenvalue weighted by molar-refractivity contribution is 14.0. The van der Waals surface area contributed by atoms with E-state index in [0.29, 0.717) is 24.8 Å². The molecule has 2 N–H and O–H groups in total. The first kappa shape index (κ1) is 18.2. The fraction of sp³-hybridized carbons (Fsp3) is 0.786. The van der Waals surface area contributed by atoms with E-state index in [2.05, 4.69) is 27.0 Å². The molecule has 0 bridgehead atoms. The van der Waals surface area contributed by atoms with E-state index in [9.17, 15) is 0 Å². The van der Waals surface area contributed by atoms with Crippen LogP contribution in [-0.2, 0) is 6.42 Å². The molecule has 0 radical (unpaired) electrons. The van der Waals surface area contributed by atoms with E-state index < -0.39 is 0 Å². The van der Waals surface area contributed by atoms with Crippen molar-refractivity contribution < 1.29 is 4.52 Å². The summed E-state index contributed by atoms with van der Waals surface area (Å²) in [5.74, 6) is 3.11. The van der Waals surface area contributed by atoms with Gasteiger partial charge in [0.2, 0.25) is 5.89 Å². The molecule has 0 aromatic carbocycles. The Morgan fingerprint density at radius 2 is 2.10 bits per heavy atom. The van der Waals surface area contributed by atoms with Gasteiger partial charge in [-0.3, -0.25) is 4.99 Å². The van der Waals surface area contributed by atoms with E-state index in [0.717, 1.165) is 24.8 Å². The molecule has 2 rings (SSSR count). The first-order chi connectivity index (χ1) is 9.56. The second-order valence-electron chi connectivity index (χ2n) is 5.86. The van der Waals surface area contributed by atoms with Gasteiger partial charge in [0, 0.05) is 25.4 Å². The van der Waals surface area contributed by atoms with Crippen molar-refractivity contribution in [2.75, 3.05) is 19.6 Å². The van der Waals surface area contributed by atoms with Crippen molar-refractivity contribution in [2.24, 2.45) is 16.6 Å². The molecule has 0 aliphatic carbocycles. The lowest BCUT2D eigenvalue weighted by molar-refractivity contribution is 0.277. The largest absolute Gasteiger partial charge is 0.370 e. The minimum atomic E-state index is 0. The Hall–Kier alpha value is -0.860. The van der Waals surface area contributed by atoms with E-state index in [1.807, 2.05) is 13.8 Å². The van der Waals surface area contributed by atoms with E-state index in [1.54, 1.807) is 0 Å². The van der Waals surface area contributed by atoms with Gasteiger partial charge in [0.15, 0.2) is 11.8 Å². The number of halogens is 1. The molecule has 1 saturated heterocycles. The molecule has 0 spiro atoms. The summed E-state index contributed by atoms with van der Waals surface area (Å²) in [5, 5.41) is 3.94. The Morgan fingerprint density at radius 3 is 2.67 bits per heavy atom. The molecule has 0 unspecified atom stereocenters. The van der Waals surface area contributed by atoms with E-state index in [1.165, 1.54) is 12.8 Å². The molecule has 120 valence electrons. The minimum Gasteiger partial charge on any atom is -0.370 e. The zero-order valence-electron chi connectivity index (χ0n) is 13.1. The third-order valence-corrected chi connectivity index (χ3v) is 3.71. The lowest BCUT2D eigenvalue weighted by Crippen LogP contribution is -2.42. The molecule has 1 aromatic rings. The Morgan fingerprint density at radius 1 is 1.43 bits per heavy atom. The van der Waals surface area contributed by atoms with E-state index in [-0.39, 0.29) is 29.9 Å². The number of piperidine rings is 1. The molecular weight excluding hydrogens is 381 g/mol. The number of nitrogens with zero attached hydrogens (tertiary/aromatic N) is 4. The van der Waals surface area contributed by atoms with Crippen molar-refractivity contribution in [3.63, 3.8) is 0 Å². The van der Waals surface area contributed by atoms with Crippen LogP contribution in [0.25, 0.3) is 0 Å². The molecule has 0 atom stereocenters. The smallest absolute Gasteiger partial charge is 0.228 e. The van der Waals surface area contributed by atoms with E-state index >= 15 is 0 Å². The number of hydrogen-bond donors (Lipinski definition) is 1. The van der Waals surface area contributed by atoms with Gasteiger partial charge in [-0.2, -0.15) is 4.98 Å². The van der Waals surface area contributed by atoms with Crippen molar-refractivity contribution in [1.82, 2.24) is 15.0 Å². The van der Waals surface area contributed by atoms with Gasteiger partial charge in [-0.1, -0.05) is 25.9 Å². The monoisotopic (exact) mass is 407 g/mol. The molecule has 1 aromatic heterocycles. The molecule has 2 heterocycles. The van der Waals surface area contributed by atoms with E-state index in [4.69, 9.17) is 10.3 Å². The minimum absolute atomic E-state index is 0. The van der Waals surface area contributed by atoms with Crippen LogP contribution in [0.4, 0.5) is 0 Å². The fourth-order valence-electron chi connectivity index (χ4n) is 2.21. The maximum atomic E-state index is 6.02. The average molecular weight is 407 g/mol. The second-order valence-corrected chi connectivity index (χ2v) is 5.86. The molecular formula is C14H26IN5O. The number of nitrogens with two attached hydrogens (primary N) is 1. The standard InChI is InChI=1S/C14H25N5O.HI/c1-10(2)13-17-12(20-18-13)4-7-16-14(15)19-8-5-11(3)6-9-19;/h10-11H,4-9H2,1-3H3,(H2,15,16);1H. The molecule has 21 heavy (non-hydrogen) atoms. The Kier molecular flexibility index (Phi) is 7.41. The van der Waals surface area contributed by atoms with Crippen LogP contribution in [0.3, 0.4) is 0 Å². The van der Waals surface area contributed by atoms with Gasteiger partial charge in [0.1, 0.15) is 0 Å². The fourth-order valence-corrected chi connectivity index (χ4v) is 2.21. The maximum absolute atomic E-state index is 6.02. The van der Waals surface area contributed by atoms with Crippen molar-refractivity contribution in [3.8, 4) is 0 Å². The summed E-state index contributed by atoms with van der Waals surface area (Å²) >= 11 is 0. The van der Waals surface area contributed by atoms with Crippen LogP contribution in [0.15, 0.2) is 9.52 Å². The number of rotatable bonds is 4. The van der Waals surface area contributed by atoms with Gasteiger partial charge < -0.3 is 15.2 Å². The topological polar surface area (TPSA) is 80.5 Å². The Bertz CT molecular complexity index is 452.